The molecule has 1 aromatic rings. The van der Waals surface area contributed by atoms with Gasteiger partial charge in [0, 0.05) is 25.0 Å². The van der Waals surface area contributed by atoms with Crippen molar-refractivity contribution < 1.29 is 4.74 Å². The fourth-order valence-electron chi connectivity index (χ4n) is 2.72. The number of hydrogen-bond acceptors (Lipinski definition) is 3. The third-order valence-electron chi connectivity index (χ3n) is 3.84. The number of ether oxygens (including phenoxy) is 1. The van der Waals surface area contributed by atoms with Crippen LogP contribution < -0.4 is 5.32 Å². The van der Waals surface area contributed by atoms with E-state index >= 15 is 0 Å². The van der Waals surface area contributed by atoms with Crippen LogP contribution in [0, 0.1) is 5.92 Å². The molecule has 0 spiro atoms. The van der Waals surface area contributed by atoms with Crippen molar-refractivity contribution in [1.29, 1.82) is 0 Å². The van der Waals surface area contributed by atoms with Gasteiger partial charge in [-0.05, 0) is 25.6 Å². The Morgan fingerprint density at radius 3 is 2.79 bits per heavy atom. The van der Waals surface area contributed by atoms with E-state index in [1.807, 2.05) is 0 Å². The van der Waals surface area contributed by atoms with E-state index in [9.17, 15) is 0 Å². The van der Waals surface area contributed by atoms with Gasteiger partial charge in [0.1, 0.15) is 0 Å². The first-order valence-electron chi connectivity index (χ1n) is 7.33. The van der Waals surface area contributed by atoms with E-state index < -0.39 is 0 Å². The zero-order valence-electron chi connectivity index (χ0n) is 12.1. The summed E-state index contributed by atoms with van der Waals surface area (Å²) in [6.07, 6.45) is 1.12. The zero-order valence-corrected chi connectivity index (χ0v) is 12.1. The molecule has 3 heteroatoms. The van der Waals surface area contributed by atoms with Crippen molar-refractivity contribution in [2.45, 2.75) is 19.4 Å². The molecule has 19 heavy (non-hydrogen) atoms. The summed E-state index contributed by atoms with van der Waals surface area (Å²) in [6, 6.07) is 11.2. The second kappa shape index (κ2) is 7.63. The lowest BCUT2D eigenvalue weighted by atomic mass is 10.0. The molecular weight excluding hydrogens is 236 g/mol. The number of rotatable bonds is 7. The molecule has 0 amide bonds. The van der Waals surface area contributed by atoms with Gasteiger partial charge in [-0.1, -0.05) is 37.3 Å². The Morgan fingerprint density at radius 1 is 1.26 bits per heavy atom. The molecule has 2 rings (SSSR count). The molecule has 1 fully saturated rings. The fourth-order valence-corrected chi connectivity index (χ4v) is 2.72. The molecule has 1 aliphatic heterocycles. The highest BCUT2D eigenvalue weighted by Gasteiger charge is 2.28. The molecular formula is C16H26N2O. The van der Waals surface area contributed by atoms with Crippen molar-refractivity contribution in [1.82, 2.24) is 10.2 Å². The quantitative estimate of drug-likeness (QED) is 0.811. The molecule has 1 aliphatic rings. The highest BCUT2D eigenvalue weighted by atomic mass is 16.5. The molecule has 1 saturated heterocycles. The fraction of sp³-hybridized carbons (Fsp3) is 0.625. The summed E-state index contributed by atoms with van der Waals surface area (Å²) in [5.74, 6) is 0.626. The minimum Gasteiger partial charge on any atom is -0.379 e. The Balaban J connectivity index is 1.73. The van der Waals surface area contributed by atoms with Gasteiger partial charge < -0.3 is 15.0 Å². The van der Waals surface area contributed by atoms with Gasteiger partial charge in [-0.2, -0.15) is 0 Å². The summed E-state index contributed by atoms with van der Waals surface area (Å²) in [4.78, 5) is 2.43. The van der Waals surface area contributed by atoms with E-state index in [2.05, 4.69) is 54.5 Å². The topological polar surface area (TPSA) is 24.5 Å². The van der Waals surface area contributed by atoms with Crippen molar-refractivity contribution >= 4 is 0 Å². The molecule has 0 aliphatic carbocycles. The van der Waals surface area contributed by atoms with Crippen molar-refractivity contribution in [2.75, 3.05) is 39.9 Å². The maximum Gasteiger partial charge on any atom is 0.0623 e. The normalized spacial score (nSPS) is 23.1. The third kappa shape index (κ3) is 4.60. The molecule has 2 atom stereocenters. The van der Waals surface area contributed by atoms with E-state index in [1.165, 1.54) is 5.56 Å². The summed E-state index contributed by atoms with van der Waals surface area (Å²) >= 11 is 0. The second-order valence-corrected chi connectivity index (χ2v) is 5.46. The molecule has 106 valence electrons. The van der Waals surface area contributed by atoms with Crippen LogP contribution in [0.4, 0.5) is 0 Å². The third-order valence-corrected chi connectivity index (χ3v) is 3.84. The van der Waals surface area contributed by atoms with Gasteiger partial charge in [-0.15, -0.1) is 0 Å². The van der Waals surface area contributed by atoms with Crippen LogP contribution in [0.15, 0.2) is 30.3 Å². The van der Waals surface area contributed by atoms with Crippen molar-refractivity contribution in [3.8, 4) is 0 Å². The van der Waals surface area contributed by atoms with Gasteiger partial charge >= 0.3 is 0 Å². The Morgan fingerprint density at radius 2 is 2.05 bits per heavy atom. The predicted octanol–water partition coefficient (Wildman–Crippen LogP) is 1.79. The smallest absolute Gasteiger partial charge is 0.0623 e. The van der Waals surface area contributed by atoms with Gasteiger partial charge in [-0.3, -0.25) is 0 Å². The van der Waals surface area contributed by atoms with E-state index in [4.69, 9.17) is 4.74 Å². The predicted molar refractivity (Wildman–Crippen MR) is 79.4 cm³/mol. The zero-order chi connectivity index (χ0) is 13.5. The summed E-state index contributed by atoms with van der Waals surface area (Å²) < 4.78 is 5.60. The van der Waals surface area contributed by atoms with Crippen LogP contribution in [-0.2, 0) is 11.2 Å². The van der Waals surface area contributed by atoms with Crippen molar-refractivity contribution in [3.05, 3.63) is 35.9 Å². The number of hydrogen-bond donors (Lipinski definition) is 1. The lowest BCUT2D eigenvalue weighted by Crippen LogP contribution is -2.41. The summed E-state index contributed by atoms with van der Waals surface area (Å²) in [5, 5.41) is 3.52. The van der Waals surface area contributed by atoms with E-state index in [1.54, 1.807) is 0 Å². The lowest BCUT2D eigenvalue weighted by molar-refractivity contribution is 0.173. The van der Waals surface area contributed by atoms with Crippen LogP contribution in [0.25, 0.3) is 0 Å². The Labute approximate surface area is 116 Å². The van der Waals surface area contributed by atoms with Crippen molar-refractivity contribution in [3.63, 3.8) is 0 Å². The van der Waals surface area contributed by atoms with E-state index in [0.717, 1.165) is 39.3 Å². The maximum atomic E-state index is 5.60. The number of nitrogens with one attached hydrogen (secondary N) is 1. The van der Waals surface area contributed by atoms with Gasteiger partial charge in [0.2, 0.25) is 0 Å². The van der Waals surface area contributed by atoms with Gasteiger partial charge in [-0.25, -0.2) is 0 Å². The van der Waals surface area contributed by atoms with E-state index in [-0.39, 0.29) is 0 Å². The highest BCUT2D eigenvalue weighted by Crippen LogP contribution is 2.15. The first kappa shape index (κ1) is 14.5. The average molecular weight is 262 g/mol. The molecule has 1 N–H and O–H groups in total. The summed E-state index contributed by atoms with van der Waals surface area (Å²) in [5.41, 5.74) is 1.42. The molecule has 0 aromatic heterocycles. The summed E-state index contributed by atoms with van der Waals surface area (Å²) in [6.45, 7) is 7.18. The van der Waals surface area contributed by atoms with E-state index in [0.29, 0.717) is 12.0 Å². The molecule has 0 bridgehead atoms. The summed E-state index contributed by atoms with van der Waals surface area (Å²) in [7, 11) is 2.21. The molecule has 1 heterocycles. The van der Waals surface area contributed by atoms with Crippen LogP contribution in [0.3, 0.4) is 0 Å². The molecule has 3 nitrogen and oxygen atoms in total. The average Bonchev–Trinajstić information content (AvgIpc) is 2.85. The largest absolute Gasteiger partial charge is 0.379 e. The minimum absolute atomic E-state index is 0.532. The maximum absolute atomic E-state index is 5.60. The van der Waals surface area contributed by atoms with Crippen LogP contribution >= 0.6 is 0 Å². The SMILES string of the molecule is CCNC1COCC1CN(C)CCc1ccccc1. The first-order valence-corrected chi connectivity index (χ1v) is 7.33. The first-order chi connectivity index (χ1) is 9.29. The molecule has 1 aromatic carbocycles. The number of nitrogens with zero attached hydrogens (tertiary/aromatic N) is 1. The highest BCUT2D eigenvalue weighted by molar-refractivity contribution is 5.14. The Kier molecular flexibility index (Phi) is 5.83. The van der Waals surface area contributed by atoms with Crippen LogP contribution in [-0.4, -0.2) is 50.8 Å². The van der Waals surface area contributed by atoms with Gasteiger partial charge in [0.25, 0.3) is 0 Å². The number of benzene rings is 1. The Bertz CT molecular complexity index is 355. The number of likely N-dealkylation sites (N-methyl/N-ethyl adjacent to an activating group) is 2. The lowest BCUT2D eigenvalue weighted by Gasteiger charge is -2.24. The van der Waals surface area contributed by atoms with Crippen LogP contribution in [0.1, 0.15) is 12.5 Å². The van der Waals surface area contributed by atoms with Crippen LogP contribution in [0.5, 0.6) is 0 Å². The molecule has 0 saturated carbocycles. The van der Waals surface area contributed by atoms with Gasteiger partial charge in [0.05, 0.1) is 13.2 Å². The van der Waals surface area contributed by atoms with Gasteiger partial charge in [0.15, 0.2) is 0 Å². The molecule has 2 unspecified atom stereocenters. The Hall–Kier alpha value is -0.900. The molecule has 0 radical (unpaired) electrons. The minimum atomic E-state index is 0.532. The standard InChI is InChI=1S/C16H26N2O/c1-3-17-16-13-19-12-15(16)11-18(2)10-9-14-7-5-4-6-8-14/h4-8,15-17H,3,9-13H2,1-2H3. The van der Waals surface area contributed by atoms with Crippen LogP contribution in [0.2, 0.25) is 0 Å². The second-order valence-electron chi connectivity index (χ2n) is 5.46. The monoisotopic (exact) mass is 262 g/mol. The van der Waals surface area contributed by atoms with Crippen molar-refractivity contribution in [2.24, 2.45) is 5.92 Å².